The highest BCUT2D eigenvalue weighted by molar-refractivity contribution is 9.10. The number of sulfonamides is 1. The molecule has 0 amide bonds. The number of carboxylic acids is 1. The van der Waals surface area contributed by atoms with Crippen LogP contribution in [0.25, 0.3) is 0 Å². The van der Waals surface area contributed by atoms with Gasteiger partial charge in [0.05, 0.1) is 17.4 Å². The van der Waals surface area contributed by atoms with Gasteiger partial charge in [-0.1, -0.05) is 46.3 Å². The summed E-state index contributed by atoms with van der Waals surface area (Å²) < 4.78 is 34.5. The zero-order valence-corrected chi connectivity index (χ0v) is 17.6. The number of carbonyl (C=O) groups is 1. The molecule has 6 nitrogen and oxygen atoms in total. The van der Waals surface area contributed by atoms with Crippen LogP contribution in [0.4, 0.5) is 0 Å². The Hall–Kier alpha value is -2.68. The number of hydrogen-bond acceptors (Lipinski definition) is 4. The summed E-state index contributed by atoms with van der Waals surface area (Å²) in [6.45, 7) is 0. The van der Waals surface area contributed by atoms with E-state index in [1.165, 1.54) is 12.1 Å². The van der Waals surface area contributed by atoms with Crippen molar-refractivity contribution in [3.8, 4) is 11.5 Å². The number of carboxylic acid groups (broad SMARTS) is 1. The first-order valence-electron chi connectivity index (χ1n) is 8.66. The molecule has 0 aromatic heterocycles. The Balaban J connectivity index is 1.87. The van der Waals surface area contributed by atoms with Crippen molar-refractivity contribution in [2.75, 3.05) is 0 Å². The summed E-state index contributed by atoms with van der Waals surface area (Å²) in [6, 6.07) is 21.0. The van der Waals surface area contributed by atoms with Gasteiger partial charge in [0, 0.05) is 4.47 Å². The minimum absolute atomic E-state index is 0.0489. The molecule has 0 aliphatic heterocycles. The fourth-order valence-electron chi connectivity index (χ4n) is 2.69. The van der Waals surface area contributed by atoms with E-state index < -0.39 is 28.5 Å². The molecule has 29 heavy (non-hydrogen) atoms. The third-order valence-corrected chi connectivity index (χ3v) is 6.06. The van der Waals surface area contributed by atoms with Crippen LogP contribution in [0.5, 0.6) is 11.5 Å². The van der Waals surface area contributed by atoms with Crippen molar-refractivity contribution in [1.82, 2.24) is 4.72 Å². The highest BCUT2D eigenvalue weighted by atomic mass is 79.9. The third-order valence-electron chi connectivity index (χ3n) is 4.04. The molecule has 0 bridgehead atoms. The average molecular weight is 476 g/mol. The second kappa shape index (κ2) is 9.21. The van der Waals surface area contributed by atoms with Gasteiger partial charge in [0.2, 0.25) is 10.0 Å². The maximum Gasteiger partial charge on any atom is 0.305 e. The monoisotopic (exact) mass is 475 g/mol. The maximum absolute atomic E-state index is 12.7. The van der Waals surface area contributed by atoms with Crippen molar-refractivity contribution in [2.24, 2.45) is 0 Å². The van der Waals surface area contributed by atoms with Crippen molar-refractivity contribution in [3.05, 3.63) is 88.9 Å². The van der Waals surface area contributed by atoms with Crippen LogP contribution < -0.4 is 9.46 Å². The number of nitrogens with one attached hydrogen (secondary N) is 1. The first kappa shape index (κ1) is 21.0. The van der Waals surface area contributed by atoms with Gasteiger partial charge in [-0.3, -0.25) is 4.79 Å². The fourth-order valence-corrected chi connectivity index (χ4v) is 4.18. The molecule has 0 aliphatic rings. The Labute approximate surface area is 177 Å². The molecular formula is C21H18BrNO5S. The third kappa shape index (κ3) is 5.90. The highest BCUT2D eigenvalue weighted by Crippen LogP contribution is 2.27. The minimum atomic E-state index is -3.92. The largest absolute Gasteiger partial charge is 0.481 e. The lowest BCUT2D eigenvalue weighted by molar-refractivity contribution is -0.137. The summed E-state index contributed by atoms with van der Waals surface area (Å²) in [5, 5.41) is 9.28. The lowest BCUT2D eigenvalue weighted by Gasteiger charge is -2.18. The Morgan fingerprint density at radius 2 is 1.62 bits per heavy atom. The predicted molar refractivity (Wildman–Crippen MR) is 112 cm³/mol. The number of ether oxygens (including phenoxy) is 1. The second-order valence-electron chi connectivity index (χ2n) is 6.21. The molecule has 1 unspecified atom stereocenters. The first-order chi connectivity index (χ1) is 13.8. The van der Waals surface area contributed by atoms with Crippen LogP contribution in [-0.4, -0.2) is 19.5 Å². The van der Waals surface area contributed by atoms with E-state index in [0.29, 0.717) is 17.1 Å². The summed E-state index contributed by atoms with van der Waals surface area (Å²) in [7, 11) is -3.92. The van der Waals surface area contributed by atoms with Crippen molar-refractivity contribution in [3.63, 3.8) is 0 Å². The van der Waals surface area contributed by atoms with Gasteiger partial charge in [-0.25, -0.2) is 13.1 Å². The van der Waals surface area contributed by atoms with Crippen molar-refractivity contribution >= 4 is 31.9 Å². The molecule has 3 aromatic rings. The summed E-state index contributed by atoms with van der Waals surface area (Å²) in [5.74, 6) is -0.0234. The van der Waals surface area contributed by atoms with Crippen LogP contribution in [0, 0.1) is 0 Å². The van der Waals surface area contributed by atoms with Gasteiger partial charge >= 0.3 is 5.97 Å². The van der Waals surface area contributed by atoms with E-state index in [1.54, 1.807) is 48.5 Å². The molecule has 0 fully saturated rings. The Morgan fingerprint density at radius 3 is 2.28 bits per heavy atom. The molecule has 1 atom stereocenters. The second-order valence-corrected chi connectivity index (χ2v) is 8.84. The van der Waals surface area contributed by atoms with E-state index in [1.807, 2.05) is 18.2 Å². The quantitative estimate of drug-likeness (QED) is 0.490. The molecule has 0 spiro atoms. The fraction of sp³-hybridized carbons (Fsp3) is 0.0952. The molecule has 0 saturated heterocycles. The lowest BCUT2D eigenvalue weighted by Crippen LogP contribution is -2.30. The molecule has 0 aliphatic carbocycles. The van der Waals surface area contributed by atoms with Crippen LogP contribution in [0.3, 0.4) is 0 Å². The van der Waals surface area contributed by atoms with E-state index in [4.69, 9.17) is 4.74 Å². The van der Waals surface area contributed by atoms with Gasteiger partial charge in [0.15, 0.2) is 0 Å². The standard InChI is InChI=1S/C21H18BrNO5S/c22-16-9-11-19(12-10-16)29(26,27)23-20(14-21(24)25)15-5-4-8-18(13-15)28-17-6-2-1-3-7-17/h1-13,20,23H,14H2,(H,24,25). The zero-order valence-electron chi connectivity index (χ0n) is 15.2. The molecule has 8 heteroatoms. The van der Waals surface area contributed by atoms with Crippen LogP contribution in [-0.2, 0) is 14.8 Å². The molecule has 0 saturated carbocycles. The Bertz CT molecular complexity index is 1090. The summed E-state index contributed by atoms with van der Waals surface area (Å²) in [6.07, 6.45) is -0.412. The van der Waals surface area contributed by atoms with E-state index >= 15 is 0 Å². The van der Waals surface area contributed by atoms with E-state index in [9.17, 15) is 18.3 Å². The zero-order chi connectivity index (χ0) is 20.9. The number of hydrogen-bond donors (Lipinski definition) is 2. The summed E-state index contributed by atoms with van der Waals surface area (Å²) >= 11 is 3.26. The van der Waals surface area contributed by atoms with Crippen LogP contribution in [0.15, 0.2) is 88.2 Å². The van der Waals surface area contributed by atoms with Crippen LogP contribution in [0.2, 0.25) is 0 Å². The molecule has 150 valence electrons. The average Bonchev–Trinajstić information content (AvgIpc) is 2.68. The Morgan fingerprint density at radius 1 is 0.966 bits per heavy atom. The molecule has 3 rings (SSSR count). The van der Waals surface area contributed by atoms with E-state index in [-0.39, 0.29) is 4.90 Å². The van der Waals surface area contributed by atoms with Gasteiger partial charge in [0.1, 0.15) is 11.5 Å². The topological polar surface area (TPSA) is 92.7 Å². The van der Waals surface area contributed by atoms with E-state index in [0.717, 1.165) is 4.47 Å². The molecule has 0 radical (unpaired) electrons. The van der Waals surface area contributed by atoms with Crippen molar-refractivity contribution in [2.45, 2.75) is 17.4 Å². The van der Waals surface area contributed by atoms with Crippen molar-refractivity contribution < 1.29 is 23.1 Å². The molecular weight excluding hydrogens is 458 g/mol. The smallest absolute Gasteiger partial charge is 0.305 e. The number of para-hydroxylation sites is 1. The maximum atomic E-state index is 12.7. The highest BCUT2D eigenvalue weighted by Gasteiger charge is 2.24. The van der Waals surface area contributed by atoms with Gasteiger partial charge < -0.3 is 9.84 Å². The normalized spacial score (nSPS) is 12.3. The molecule has 0 heterocycles. The predicted octanol–water partition coefficient (Wildman–Crippen LogP) is 4.74. The molecule has 2 N–H and O–H groups in total. The van der Waals surface area contributed by atoms with E-state index in [2.05, 4.69) is 20.7 Å². The van der Waals surface area contributed by atoms with Crippen molar-refractivity contribution in [1.29, 1.82) is 0 Å². The SMILES string of the molecule is O=C(O)CC(NS(=O)(=O)c1ccc(Br)cc1)c1cccc(Oc2ccccc2)c1. The van der Waals surface area contributed by atoms with Crippen LogP contribution >= 0.6 is 15.9 Å². The lowest BCUT2D eigenvalue weighted by atomic mass is 10.0. The molecule has 3 aromatic carbocycles. The number of aliphatic carboxylic acids is 1. The first-order valence-corrected chi connectivity index (χ1v) is 10.9. The number of rotatable bonds is 8. The summed E-state index contributed by atoms with van der Waals surface area (Å²) in [5.41, 5.74) is 0.488. The van der Waals surface area contributed by atoms with Gasteiger partial charge in [-0.15, -0.1) is 0 Å². The summed E-state index contributed by atoms with van der Waals surface area (Å²) in [4.78, 5) is 11.4. The van der Waals surface area contributed by atoms with Gasteiger partial charge in [-0.2, -0.15) is 0 Å². The van der Waals surface area contributed by atoms with Gasteiger partial charge in [-0.05, 0) is 54.1 Å². The van der Waals surface area contributed by atoms with Gasteiger partial charge in [0.25, 0.3) is 0 Å². The minimum Gasteiger partial charge on any atom is -0.481 e. The van der Waals surface area contributed by atoms with Crippen LogP contribution in [0.1, 0.15) is 18.0 Å². The number of benzene rings is 3. The Kier molecular flexibility index (Phi) is 6.68. The number of halogens is 1.